The highest BCUT2D eigenvalue weighted by Gasteiger charge is 2.06. The van der Waals surface area contributed by atoms with Gasteiger partial charge < -0.3 is 21.3 Å². The lowest BCUT2D eigenvalue weighted by Crippen LogP contribution is -2.27. The summed E-state index contributed by atoms with van der Waals surface area (Å²) in [5.74, 6) is 0. The van der Waals surface area contributed by atoms with Crippen LogP contribution < -0.4 is 21.3 Å². The predicted octanol–water partition coefficient (Wildman–Crippen LogP) is 1.19. The largest absolute Gasteiger partial charge is 0.341 e. The van der Waals surface area contributed by atoms with E-state index in [9.17, 15) is 9.59 Å². The number of carbonyl (C=O) groups excluding carboxylic acids is 2. The summed E-state index contributed by atoms with van der Waals surface area (Å²) < 4.78 is 0. The molecule has 0 aliphatic rings. The maximum atomic E-state index is 11.1. The molecule has 1 rings (SSSR count). The fraction of sp³-hybridized carbons (Fsp3) is 0.200. The molecule has 0 radical (unpaired) electrons. The van der Waals surface area contributed by atoms with E-state index in [1.807, 2.05) is 0 Å². The number of hydrogen-bond acceptors (Lipinski definition) is 2. The van der Waals surface area contributed by atoms with E-state index in [2.05, 4.69) is 21.3 Å². The fourth-order valence-electron chi connectivity index (χ4n) is 1.07. The number of rotatable bonds is 2. The highest BCUT2D eigenvalue weighted by Crippen LogP contribution is 2.20. The molecule has 86 valence electrons. The van der Waals surface area contributed by atoms with Crippen molar-refractivity contribution < 1.29 is 9.59 Å². The number of carbonyl (C=O) groups is 2. The van der Waals surface area contributed by atoms with Crippen LogP contribution in [-0.4, -0.2) is 26.2 Å². The molecule has 0 aliphatic carbocycles. The summed E-state index contributed by atoms with van der Waals surface area (Å²) >= 11 is 0. The minimum absolute atomic E-state index is 0.342. The Hall–Kier alpha value is -2.24. The van der Waals surface area contributed by atoms with Crippen LogP contribution in [0.3, 0.4) is 0 Å². The molecule has 4 amide bonds. The molecule has 0 saturated carbocycles. The highest BCUT2D eigenvalue weighted by molar-refractivity contribution is 5.98. The molecule has 0 fully saturated rings. The third kappa shape index (κ3) is 3.16. The molecule has 0 bridgehead atoms. The minimum atomic E-state index is -0.342. The molecule has 6 nitrogen and oxygen atoms in total. The van der Waals surface area contributed by atoms with Gasteiger partial charge in [0, 0.05) is 14.1 Å². The zero-order valence-corrected chi connectivity index (χ0v) is 9.13. The van der Waals surface area contributed by atoms with E-state index in [0.717, 1.165) is 0 Å². The lowest BCUT2D eigenvalue weighted by atomic mass is 10.2. The number of hydrogen-bond donors (Lipinski definition) is 4. The summed E-state index contributed by atoms with van der Waals surface area (Å²) in [5, 5.41) is 10.1. The van der Waals surface area contributed by atoms with Gasteiger partial charge in [0.2, 0.25) is 0 Å². The molecule has 0 spiro atoms. The van der Waals surface area contributed by atoms with E-state index in [1.165, 1.54) is 14.1 Å². The van der Waals surface area contributed by atoms with Gasteiger partial charge in [-0.3, -0.25) is 0 Å². The van der Waals surface area contributed by atoms with Gasteiger partial charge in [-0.15, -0.1) is 0 Å². The van der Waals surface area contributed by atoms with Gasteiger partial charge in [-0.25, -0.2) is 9.59 Å². The molecule has 1 aromatic rings. The van der Waals surface area contributed by atoms with Crippen molar-refractivity contribution in [1.82, 2.24) is 10.6 Å². The van der Waals surface area contributed by atoms with Crippen LogP contribution >= 0.6 is 0 Å². The topological polar surface area (TPSA) is 82.3 Å². The van der Waals surface area contributed by atoms with Crippen LogP contribution in [0.4, 0.5) is 21.0 Å². The van der Waals surface area contributed by atoms with Crippen LogP contribution in [0.5, 0.6) is 0 Å². The summed E-state index contributed by atoms with van der Waals surface area (Å²) in [7, 11) is 3.04. The minimum Gasteiger partial charge on any atom is -0.341 e. The van der Waals surface area contributed by atoms with Crippen molar-refractivity contribution in [3.63, 3.8) is 0 Å². The molecule has 16 heavy (non-hydrogen) atoms. The lowest BCUT2D eigenvalue weighted by molar-refractivity contribution is 0.252. The summed E-state index contributed by atoms with van der Waals surface area (Å²) in [6, 6.07) is 6.24. The van der Waals surface area contributed by atoms with Gasteiger partial charge in [-0.05, 0) is 12.1 Å². The van der Waals surface area contributed by atoms with Crippen molar-refractivity contribution >= 4 is 23.4 Å². The van der Waals surface area contributed by atoms with Crippen LogP contribution in [0.1, 0.15) is 0 Å². The molecule has 0 aromatic heterocycles. The molecule has 4 N–H and O–H groups in total. The van der Waals surface area contributed by atoms with Crippen molar-refractivity contribution in [3.8, 4) is 0 Å². The number of urea groups is 2. The maximum Gasteiger partial charge on any atom is 0.319 e. The summed E-state index contributed by atoms with van der Waals surface area (Å²) in [6.45, 7) is 0. The summed E-state index contributed by atoms with van der Waals surface area (Å²) in [4.78, 5) is 22.3. The Labute approximate surface area is 93.4 Å². The SMILES string of the molecule is CNC(=O)Nc1ccccc1NC(=O)NC. The molecule has 0 aliphatic heterocycles. The normalized spacial score (nSPS) is 9.12. The van der Waals surface area contributed by atoms with E-state index >= 15 is 0 Å². The monoisotopic (exact) mass is 222 g/mol. The number of amides is 4. The first-order chi connectivity index (χ1) is 7.67. The molecule has 1 aromatic carbocycles. The van der Waals surface area contributed by atoms with Gasteiger partial charge in [0.25, 0.3) is 0 Å². The van der Waals surface area contributed by atoms with Gasteiger partial charge in [0.05, 0.1) is 11.4 Å². The van der Waals surface area contributed by atoms with E-state index in [-0.39, 0.29) is 12.1 Å². The van der Waals surface area contributed by atoms with E-state index in [0.29, 0.717) is 11.4 Å². The third-order valence-corrected chi connectivity index (χ3v) is 1.88. The van der Waals surface area contributed by atoms with E-state index in [4.69, 9.17) is 0 Å². The Bertz CT molecular complexity index is 355. The van der Waals surface area contributed by atoms with Crippen molar-refractivity contribution in [2.75, 3.05) is 24.7 Å². The zero-order chi connectivity index (χ0) is 12.0. The van der Waals surface area contributed by atoms with Gasteiger partial charge >= 0.3 is 12.1 Å². The van der Waals surface area contributed by atoms with Gasteiger partial charge in [0.15, 0.2) is 0 Å². The van der Waals surface area contributed by atoms with Gasteiger partial charge in [-0.2, -0.15) is 0 Å². The Morgan fingerprint density at radius 2 is 1.25 bits per heavy atom. The fourth-order valence-corrected chi connectivity index (χ4v) is 1.07. The summed E-state index contributed by atoms with van der Waals surface area (Å²) in [6.07, 6.45) is 0. The molecule has 0 saturated heterocycles. The lowest BCUT2D eigenvalue weighted by Gasteiger charge is -2.11. The molecule has 0 unspecified atom stereocenters. The molecular weight excluding hydrogens is 208 g/mol. The Morgan fingerprint density at radius 1 is 0.875 bits per heavy atom. The Kier molecular flexibility index (Phi) is 4.14. The predicted molar refractivity (Wildman–Crippen MR) is 62.6 cm³/mol. The standard InChI is InChI=1S/C10H14N4O2/c1-11-9(15)13-7-5-3-4-6-8(7)14-10(16)12-2/h3-6H,1-2H3,(H2,11,13,15)(H2,12,14,16). The molecule has 0 heterocycles. The molecule has 6 heteroatoms. The first kappa shape index (κ1) is 11.8. The van der Waals surface area contributed by atoms with Crippen LogP contribution in [0.25, 0.3) is 0 Å². The smallest absolute Gasteiger partial charge is 0.319 e. The number of benzene rings is 1. The van der Waals surface area contributed by atoms with Crippen LogP contribution in [-0.2, 0) is 0 Å². The number of para-hydroxylation sites is 2. The average molecular weight is 222 g/mol. The van der Waals surface area contributed by atoms with E-state index in [1.54, 1.807) is 24.3 Å². The Balaban J connectivity index is 2.83. The maximum absolute atomic E-state index is 11.1. The summed E-state index contributed by atoms with van der Waals surface area (Å²) in [5.41, 5.74) is 1.07. The highest BCUT2D eigenvalue weighted by atomic mass is 16.2. The van der Waals surface area contributed by atoms with Gasteiger partial charge in [-0.1, -0.05) is 12.1 Å². The second-order valence-corrected chi connectivity index (χ2v) is 2.95. The van der Waals surface area contributed by atoms with Crippen molar-refractivity contribution in [1.29, 1.82) is 0 Å². The molecular formula is C10H14N4O2. The number of anilines is 2. The van der Waals surface area contributed by atoms with Gasteiger partial charge in [0.1, 0.15) is 0 Å². The number of nitrogens with one attached hydrogen (secondary N) is 4. The molecule has 0 atom stereocenters. The van der Waals surface area contributed by atoms with Crippen molar-refractivity contribution in [3.05, 3.63) is 24.3 Å². The first-order valence-corrected chi connectivity index (χ1v) is 4.74. The van der Waals surface area contributed by atoms with Crippen molar-refractivity contribution in [2.45, 2.75) is 0 Å². The third-order valence-electron chi connectivity index (χ3n) is 1.88. The zero-order valence-electron chi connectivity index (χ0n) is 9.13. The first-order valence-electron chi connectivity index (χ1n) is 4.74. The second-order valence-electron chi connectivity index (χ2n) is 2.95. The Morgan fingerprint density at radius 3 is 1.56 bits per heavy atom. The van der Waals surface area contributed by atoms with Crippen LogP contribution in [0.15, 0.2) is 24.3 Å². The van der Waals surface area contributed by atoms with Crippen LogP contribution in [0.2, 0.25) is 0 Å². The average Bonchev–Trinajstić information content (AvgIpc) is 2.31. The second kappa shape index (κ2) is 5.59. The quantitative estimate of drug-likeness (QED) is 0.606. The van der Waals surface area contributed by atoms with E-state index < -0.39 is 0 Å². The van der Waals surface area contributed by atoms with Crippen molar-refractivity contribution in [2.24, 2.45) is 0 Å². The van der Waals surface area contributed by atoms with Crippen LogP contribution in [0, 0.1) is 0 Å².